The number of phenols is 1. The average molecular weight is 535 g/mol. The van der Waals surface area contributed by atoms with Crippen LogP contribution in [0.25, 0.3) is 0 Å². The minimum absolute atomic E-state index is 0.0140. The number of hydrogen-bond acceptors (Lipinski definition) is 9. The van der Waals surface area contributed by atoms with E-state index in [1.54, 1.807) is 0 Å². The Morgan fingerprint density at radius 3 is 2.34 bits per heavy atom. The van der Waals surface area contributed by atoms with Gasteiger partial charge in [0.1, 0.15) is 12.2 Å². The molecule has 0 aliphatic carbocycles. The van der Waals surface area contributed by atoms with Gasteiger partial charge in [-0.1, -0.05) is 39.7 Å². The number of nitrogens with one attached hydrogen (secondary N) is 2. The van der Waals surface area contributed by atoms with E-state index < -0.39 is 65.7 Å². The van der Waals surface area contributed by atoms with Crippen LogP contribution in [0.15, 0.2) is 18.2 Å². The van der Waals surface area contributed by atoms with Crippen LogP contribution >= 0.6 is 0 Å². The molecule has 5 atom stereocenters. The van der Waals surface area contributed by atoms with Gasteiger partial charge >= 0.3 is 17.9 Å². The van der Waals surface area contributed by atoms with Gasteiger partial charge in [-0.15, -0.1) is 0 Å². The maximum Gasteiger partial charge on any atom is 0.332 e. The van der Waals surface area contributed by atoms with E-state index in [1.807, 2.05) is 20.8 Å². The normalized spacial score (nSPS) is 23.8. The van der Waals surface area contributed by atoms with E-state index in [0.29, 0.717) is 12.8 Å². The number of para-hydroxylation sites is 1. The summed E-state index contributed by atoms with van der Waals surface area (Å²) in [6.07, 6.45) is -1.30. The van der Waals surface area contributed by atoms with Crippen LogP contribution in [0.3, 0.4) is 0 Å². The van der Waals surface area contributed by atoms with Gasteiger partial charge in [-0.05, 0) is 38.3 Å². The largest absolute Gasteiger partial charge is 0.505 e. The second kappa shape index (κ2) is 13.8. The SMILES string of the molecule is CCCCC1C(=O)OC(C)C(NC(=O)c2cccc(NC(C)=O)c2O)C(=O)OC(C)C1OC(=O)CC(C)C. The van der Waals surface area contributed by atoms with Crippen LogP contribution in [0.5, 0.6) is 5.75 Å². The predicted molar refractivity (Wildman–Crippen MR) is 137 cm³/mol. The molecule has 0 bridgehead atoms. The molecule has 1 saturated heterocycles. The van der Waals surface area contributed by atoms with Crippen LogP contribution in [-0.4, -0.2) is 59.2 Å². The van der Waals surface area contributed by atoms with Gasteiger partial charge < -0.3 is 30.0 Å². The van der Waals surface area contributed by atoms with Gasteiger partial charge in [-0.25, -0.2) is 4.79 Å². The Labute approximate surface area is 222 Å². The van der Waals surface area contributed by atoms with Gasteiger partial charge in [0.05, 0.1) is 17.2 Å². The Hall–Kier alpha value is -3.63. The van der Waals surface area contributed by atoms with E-state index in [4.69, 9.17) is 14.2 Å². The lowest BCUT2D eigenvalue weighted by molar-refractivity contribution is -0.175. The fraction of sp³-hybridized carbons (Fsp3) is 0.593. The highest BCUT2D eigenvalue weighted by Gasteiger charge is 2.43. The van der Waals surface area contributed by atoms with Gasteiger partial charge in [0.2, 0.25) is 5.91 Å². The van der Waals surface area contributed by atoms with Crippen LogP contribution in [0.4, 0.5) is 5.69 Å². The lowest BCUT2D eigenvalue weighted by Gasteiger charge is -2.29. The highest BCUT2D eigenvalue weighted by atomic mass is 16.6. The molecule has 0 spiro atoms. The maximum atomic E-state index is 13.2. The fourth-order valence-corrected chi connectivity index (χ4v) is 4.14. The number of anilines is 1. The summed E-state index contributed by atoms with van der Waals surface area (Å²) in [6, 6.07) is 2.74. The second-order valence-electron chi connectivity index (χ2n) is 9.92. The van der Waals surface area contributed by atoms with E-state index in [2.05, 4.69) is 10.6 Å². The molecule has 38 heavy (non-hydrogen) atoms. The lowest BCUT2D eigenvalue weighted by Crippen LogP contribution is -2.50. The molecule has 3 N–H and O–H groups in total. The molecule has 5 unspecified atom stereocenters. The molecule has 1 fully saturated rings. The smallest absolute Gasteiger partial charge is 0.332 e. The third kappa shape index (κ3) is 8.19. The summed E-state index contributed by atoms with van der Waals surface area (Å²) < 4.78 is 16.8. The summed E-state index contributed by atoms with van der Waals surface area (Å²) in [6.45, 7) is 9.87. The van der Waals surface area contributed by atoms with Gasteiger partial charge in [-0.3, -0.25) is 19.2 Å². The topological polar surface area (TPSA) is 157 Å². The van der Waals surface area contributed by atoms with Gasteiger partial charge in [0.15, 0.2) is 17.9 Å². The van der Waals surface area contributed by atoms with Crippen molar-refractivity contribution in [3.8, 4) is 5.75 Å². The van der Waals surface area contributed by atoms with Crippen LogP contribution in [-0.2, 0) is 33.4 Å². The number of rotatable bonds is 9. The highest BCUT2D eigenvalue weighted by Crippen LogP contribution is 2.29. The Morgan fingerprint density at radius 1 is 1.08 bits per heavy atom. The summed E-state index contributed by atoms with van der Waals surface area (Å²) >= 11 is 0. The molecule has 2 amide bonds. The number of ether oxygens (including phenoxy) is 3. The number of benzene rings is 1. The van der Waals surface area contributed by atoms with Crippen LogP contribution < -0.4 is 10.6 Å². The summed E-state index contributed by atoms with van der Waals surface area (Å²) in [5.74, 6) is -4.73. The van der Waals surface area contributed by atoms with Crippen molar-refractivity contribution < 1.29 is 43.3 Å². The summed E-state index contributed by atoms with van der Waals surface area (Å²) in [5, 5.41) is 15.3. The minimum atomic E-state index is -1.42. The molecule has 210 valence electrons. The number of hydrogen-bond donors (Lipinski definition) is 3. The number of cyclic esters (lactones) is 2. The number of aromatic hydroxyl groups is 1. The van der Waals surface area contributed by atoms with E-state index in [9.17, 15) is 29.1 Å². The third-order valence-electron chi connectivity index (χ3n) is 6.08. The van der Waals surface area contributed by atoms with Crippen molar-refractivity contribution in [3.63, 3.8) is 0 Å². The van der Waals surface area contributed by atoms with Gasteiger partial charge in [-0.2, -0.15) is 0 Å². The molecule has 0 radical (unpaired) electrons. The Kier molecular flexibility index (Phi) is 11.1. The molecular formula is C27H38N2O9. The van der Waals surface area contributed by atoms with Crippen molar-refractivity contribution in [2.75, 3.05) is 5.32 Å². The van der Waals surface area contributed by atoms with Gasteiger partial charge in [0, 0.05) is 13.3 Å². The molecule has 1 aromatic carbocycles. The van der Waals surface area contributed by atoms with Crippen molar-refractivity contribution in [2.45, 2.75) is 91.6 Å². The van der Waals surface area contributed by atoms with Crippen molar-refractivity contribution >= 4 is 35.4 Å². The number of carbonyl (C=O) groups is 5. The Bertz CT molecular complexity index is 1040. The summed E-state index contributed by atoms with van der Waals surface area (Å²) in [4.78, 5) is 63.3. The van der Waals surface area contributed by atoms with Crippen molar-refractivity contribution in [1.82, 2.24) is 5.32 Å². The quantitative estimate of drug-likeness (QED) is 0.246. The molecule has 0 aromatic heterocycles. The monoisotopic (exact) mass is 534 g/mol. The Balaban J connectivity index is 2.34. The first-order chi connectivity index (χ1) is 17.8. The average Bonchev–Trinajstić information content (AvgIpc) is 2.83. The standard InChI is InChI=1S/C27H38N2O9/c1-7-8-10-19-24(38-21(31)13-14(2)3)16(5)37-27(35)22(15(4)36-26(19)34)29-25(33)18-11-9-12-20(23(18)32)28-17(6)30/h9,11-12,14-16,19,22,24,32H,7-8,10,13H2,1-6H3,(H,28,30)(H,29,33). The zero-order chi connectivity index (χ0) is 28.6. The second-order valence-corrected chi connectivity index (χ2v) is 9.92. The molecule has 2 rings (SSSR count). The first kappa shape index (κ1) is 30.6. The molecule has 11 nitrogen and oxygen atoms in total. The lowest BCUT2D eigenvalue weighted by atomic mass is 9.92. The van der Waals surface area contributed by atoms with Crippen molar-refractivity contribution in [1.29, 1.82) is 0 Å². The van der Waals surface area contributed by atoms with Crippen molar-refractivity contribution in [2.24, 2.45) is 11.8 Å². The van der Waals surface area contributed by atoms with E-state index in [-0.39, 0.29) is 23.6 Å². The molecular weight excluding hydrogens is 496 g/mol. The molecule has 1 aliphatic rings. The zero-order valence-electron chi connectivity index (χ0n) is 22.7. The number of carbonyl (C=O) groups excluding carboxylic acids is 5. The number of unbranched alkanes of at least 4 members (excludes halogenated alkanes) is 1. The first-order valence-corrected chi connectivity index (χ1v) is 12.9. The number of phenolic OH excluding ortho intramolecular Hbond substituents is 1. The molecule has 1 aromatic rings. The molecule has 1 heterocycles. The number of amides is 2. The fourth-order valence-electron chi connectivity index (χ4n) is 4.14. The summed E-state index contributed by atoms with van der Waals surface area (Å²) in [7, 11) is 0. The van der Waals surface area contributed by atoms with E-state index in [0.717, 1.165) is 6.42 Å². The zero-order valence-corrected chi connectivity index (χ0v) is 22.7. The van der Waals surface area contributed by atoms with Crippen LogP contribution in [0.2, 0.25) is 0 Å². The summed E-state index contributed by atoms with van der Waals surface area (Å²) in [5.41, 5.74) is -0.197. The molecule has 1 aliphatic heterocycles. The predicted octanol–water partition coefficient (Wildman–Crippen LogP) is 3.09. The van der Waals surface area contributed by atoms with Gasteiger partial charge in [0.25, 0.3) is 5.91 Å². The third-order valence-corrected chi connectivity index (χ3v) is 6.08. The number of esters is 3. The van der Waals surface area contributed by atoms with Crippen molar-refractivity contribution in [3.05, 3.63) is 23.8 Å². The molecule has 0 saturated carbocycles. The van der Waals surface area contributed by atoms with Crippen LogP contribution in [0, 0.1) is 11.8 Å². The van der Waals surface area contributed by atoms with Crippen LogP contribution in [0.1, 0.15) is 77.6 Å². The first-order valence-electron chi connectivity index (χ1n) is 12.9. The van der Waals surface area contributed by atoms with E-state index >= 15 is 0 Å². The highest BCUT2D eigenvalue weighted by molar-refractivity contribution is 6.02. The minimum Gasteiger partial charge on any atom is -0.505 e. The Morgan fingerprint density at radius 2 is 1.74 bits per heavy atom. The van der Waals surface area contributed by atoms with E-state index in [1.165, 1.54) is 39.0 Å². The maximum absolute atomic E-state index is 13.2. The molecule has 11 heteroatoms.